The van der Waals surface area contributed by atoms with Gasteiger partial charge < -0.3 is 14.0 Å². The Hall–Kier alpha value is -3.41. The molecule has 4 aromatic rings. The predicted octanol–water partition coefficient (Wildman–Crippen LogP) is 4.39. The number of carbonyl (C=O) groups is 2. The molecule has 1 amide bonds. The maximum Gasteiger partial charge on any atom is 0.338 e. The number of nitro benzene ring substituents is 1. The normalized spacial score (nSPS) is 11.9. The Morgan fingerprint density at radius 1 is 1.12 bits per heavy atom. The topological polar surface area (TPSA) is 113 Å². The summed E-state index contributed by atoms with van der Waals surface area (Å²) in [5.74, 6) is -0.854. The van der Waals surface area contributed by atoms with Crippen molar-refractivity contribution in [2.45, 2.75) is 13.5 Å². The molecule has 0 aliphatic heterocycles. The number of thiophene rings is 1. The van der Waals surface area contributed by atoms with Crippen molar-refractivity contribution in [3.63, 3.8) is 0 Å². The van der Waals surface area contributed by atoms with Crippen LogP contribution in [-0.4, -0.2) is 41.7 Å². The van der Waals surface area contributed by atoms with Crippen LogP contribution in [0.15, 0.2) is 47.5 Å². The van der Waals surface area contributed by atoms with Gasteiger partial charge in [0.15, 0.2) is 4.80 Å². The Labute approximate surface area is 195 Å². The number of hydrogen-bond donors (Lipinski definition) is 0. The van der Waals surface area contributed by atoms with Crippen molar-refractivity contribution in [3.8, 4) is 0 Å². The molecule has 0 unspecified atom stereocenters. The van der Waals surface area contributed by atoms with Crippen LogP contribution in [0.5, 0.6) is 0 Å². The van der Waals surface area contributed by atoms with Gasteiger partial charge in [0.05, 0.1) is 38.8 Å². The molecular weight excluding hydrogens is 466 g/mol. The molecule has 0 fully saturated rings. The van der Waals surface area contributed by atoms with Gasteiger partial charge in [-0.15, -0.1) is 11.3 Å². The second-order valence-electron chi connectivity index (χ2n) is 6.94. The first-order valence-corrected chi connectivity index (χ1v) is 11.6. The maximum absolute atomic E-state index is 13.0. The third kappa shape index (κ3) is 4.70. The zero-order valence-electron chi connectivity index (χ0n) is 17.8. The van der Waals surface area contributed by atoms with E-state index in [1.54, 1.807) is 44.4 Å². The minimum Gasteiger partial charge on any atom is -0.462 e. The number of thiazole rings is 1. The van der Waals surface area contributed by atoms with E-state index in [1.807, 2.05) is 4.57 Å². The lowest BCUT2D eigenvalue weighted by Crippen LogP contribution is -2.19. The largest absolute Gasteiger partial charge is 0.462 e. The van der Waals surface area contributed by atoms with Crippen LogP contribution >= 0.6 is 22.7 Å². The number of amides is 1. The van der Waals surface area contributed by atoms with Gasteiger partial charge >= 0.3 is 5.97 Å². The number of nitro groups is 1. The van der Waals surface area contributed by atoms with E-state index in [1.165, 1.54) is 34.8 Å². The average molecular weight is 486 g/mol. The molecule has 0 saturated carbocycles. The Morgan fingerprint density at radius 3 is 2.67 bits per heavy atom. The summed E-state index contributed by atoms with van der Waals surface area (Å²) in [4.78, 5) is 40.8. The summed E-state index contributed by atoms with van der Waals surface area (Å²) in [6, 6.07) is 11.3. The Kier molecular flexibility index (Phi) is 6.63. The first-order chi connectivity index (χ1) is 15.9. The molecule has 0 saturated heterocycles. The summed E-state index contributed by atoms with van der Waals surface area (Å²) < 4.78 is 13.7. The predicted molar refractivity (Wildman–Crippen MR) is 126 cm³/mol. The van der Waals surface area contributed by atoms with Crippen molar-refractivity contribution in [3.05, 3.63) is 67.8 Å². The fraction of sp³-hybridized carbons (Fsp3) is 0.227. The molecule has 11 heteroatoms. The second-order valence-corrected chi connectivity index (χ2v) is 9.03. The summed E-state index contributed by atoms with van der Waals surface area (Å²) >= 11 is 2.52. The van der Waals surface area contributed by atoms with E-state index in [9.17, 15) is 19.7 Å². The molecule has 170 valence electrons. The van der Waals surface area contributed by atoms with Crippen LogP contribution < -0.4 is 4.80 Å². The number of ether oxygens (including phenoxy) is 2. The molecule has 2 heterocycles. The number of methoxy groups -OCH3 is 1. The highest BCUT2D eigenvalue weighted by Crippen LogP contribution is 2.29. The monoisotopic (exact) mass is 485 g/mol. The van der Waals surface area contributed by atoms with Crippen LogP contribution in [0.25, 0.3) is 20.3 Å². The molecule has 0 radical (unpaired) electrons. The highest BCUT2D eigenvalue weighted by molar-refractivity contribution is 7.21. The van der Waals surface area contributed by atoms with Gasteiger partial charge in [0, 0.05) is 35.9 Å². The van der Waals surface area contributed by atoms with Gasteiger partial charge in [-0.25, -0.2) is 4.79 Å². The number of hydrogen-bond acceptors (Lipinski definition) is 8. The number of aromatic nitrogens is 1. The van der Waals surface area contributed by atoms with Gasteiger partial charge in [-0.3, -0.25) is 14.9 Å². The highest BCUT2D eigenvalue weighted by atomic mass is 32.1. The van der Waals surface area contributed by atoms with Crippen LogP contribution in [0.2, 0.25) is 0 Å². The summed E-state index contributed by atoms with van der Waals surface area (Å²) in [5, 5.41) is 11.6. The Bertz CT molecular complexity index is 1450. The first-order valence-electron chi connectivity index (χ1n) is 9.97. The van der Waals surface area contributed by atoms with E-state index in [0.717, 1.165) is 14.9 Å². The van der Waals surface area contributed by atoms with E-state index in [0.29, 0.717) is 33.8 Å². The zero-order chi connectivity index (χ0) is 23.5. The smallest absolute Gasteiger partial charge is 0.338 e. The van der Waals surface area contributed by atoms with Crippen LogP contribution in [-0.2, 0) is 16.0 Å². The number of non-ortho nitro benzene ring substituents is 1. The van der Waals surface area contributed by atoms with Crippen molar-refractivity contribution in [1.29, 1.82) is 0 Å². The minimum atomic E-state index is -0.469. The summed E-state index contributed by atoms with van der Waals surface area (Å²) in [7, 11) is 1.59. The molecule has 0 atom stereocenters. The SMILES string of the molecule is CCOC(=O)c1ccc2c(c1)sc(=NC(=O)c1cc3cc([N+](=O)[O-])ccc3s1)n2CCOC. The van der Waals surface area contributed by atoms with Gasteiger partial charge in [-0.2, -0.15) is 4.99 Å². The fourth-order valence-electron chi connectivity index (χ4n) is 3.29. The van der Waals surface area contributed by atoms with Crippen LogP contribution in [0.4, 0.5) is 5.69 Å². The highest BCUT2D eigenvalue weighted by Gasteiger charge is 2.15. The number of nitrogens with zero attached hydrogens (tertiary/aromatic N) is 3. The van der Waals surface area contributed by atoms with Gasteiger partial charge in [0.1, 0.15) is 0 Å². The van der Waals surface area contributed by atoms with Gasteiger partial charge in [-0.05, 0) is 37.3 Å². The molecule has 0 bridgehead atoms. The molecule has 0 aliphatic carbocycles. The zero-order valence-corrected chi connectivity index (χ0v) is 19.4. The van der Waals surface area contributed by atoms with Crippen molar-refractivity contribution in [2.24, 2.45) is 4.99 Å². The third-order valence-corrected chi connectivity index (χ3v) is 6.98. The van der Waals surface area contributed by atoms with Crippen molar-refractivity contribution in [1.82, 2.24) is 4.57 Å². The molecule has 0 N–H and O–H groups in total. The maximum atomic E-state index is 13.0. The van der Waals surface area contributed by atoms with E-state index >= 15 is 0 Å². The number of fused-ring (bicyclic) bond motifs is 2. The molecule has 2 aromatic carbocycles. The number of rotatable bonds is 7. The van der Waals surface area contributed by atoms with E-state index in [4.69, 9.17) is 9.47 Å². The van der Waals surface area contributed by atoms with Crippen molar-refractivity contribution < 1.29 is 24.0 Å². The van der Waals surface area contributed by atoms with Crippen LogP contribution in [0.3, 0.4) is 0 Å². The molecule has 2 aromatic heterocycles. The van der Waals surface area contributed by atoms with Crippen molar-refractivity contribution in [2.75, 3.05) is 20.3 Å². The second kappa shape index (κ2) is 9.61. The Morgan fingerprint density at radius 2 is 1.94 bits per heavy atom. The quantitative estimate of drug-likeness (QED) is 0.218. The lowest BCUT2D eigenvalue weighted by atomic mass is 10.2. The lowest BCUT2D eigenvalue weighted by molar-refractivity contribution is -0.384. The average Bonchev–Trinajstić information content (AvgIpc) is 3.37. The van der Waals surface area contributed by atoms with E-state index < -0.39 is 16.8 Å². The molecule has 0 aliphatic rings. The van der Waals surface area contributed by atoms with Crippen LogP contribution in [0.1, 0.15) is 27.0 Å². The molecular formula is C22H19N3O6S2. The molecule has 4 rings (SSSR count). The van der Waals surface area contributed by atoms with Gasteiger partial charge in [-0.1, -0.05) is 11.3 Å². The summed E-state index contributed by atoms with van der Waals surface area (Å²) in [5.41, 5.74) is 1.22. The number of carbonyl (C=O) groups excluding carboxylic acids is 2. The fourth-order valence-corrected chi connectivity index (χ4v) is 5.31. The molecule has 33 heavy (non-hydrogen) atoms. The van der Waals surface area contributed by atoms with E-state index in [2.05, 4.69) is 4.99 Å². The van der Waals surface area contributed by atoms with Crippen molar-refractivity contribution >= 4 is 60.5 Å². The van der Waals surface area contributed by atoms with Gasteiger partial charge in [0.2, 0.25) is 0 Å². The summed E-state index contributed by atoms with van der Waals surface area (Å²) in [6.07, 6.45) is 0. The summed E-state index contributed by atoms with van der Waals surface area (Å²) in [6.45, 7) is 2.91. The standard InChI is InChI=1S/C22H19N3O6S2/c1-3-31-21(27)13-4-6-16-18(11-13)33-22(24(16)8-9-30-2)23-20(26)19-12-14-10-15(25(28)29)5-7-17(14)32-19/h4-7,10-12H,3,8-9H2,1-2H3. The van der Waals surface area contributed by atoms with Gasteiger partial charge in [0.25, 0.3) is 11.6 Å². The Balaban J connectivity index is 1.77. The lowest BCUT2D eigenvalue weighted by Gasteiger charge is -2.05. The van der Waals surface area contributed by atoms with E-state index in [-0.39, 0.29) is 12.3 Å². The first kappa shape index (κ1) is 22.8. The third-order valence-electron chi connectivity index (χ3n) is 4.83. The molecule has 9 nitrogen and oxygen atoms in total. The minimum absolute atomic E-state index is 0.0319. The number of esters is 1. The van der Waals surface area contributed by atoms with Crippen LogP contribution in [0, 0.1) is 10.1 Å². The molecule has 0 spiro atoms. The number of benzene rings is 2.